The third-order valence-corrected chi connectivity index (χ3v) is 5.96. The highest BCUT2D eigenvalue weighted by Gasteiger charge is 2.37. The van der Waals surface area contributed by atoms with Gasteiger partial charge in [-0.25, -0.2) is 9.69 Å². The third kappa shape index (κ3) is 4.98. The number of anilines is 1. The zero-order chi connectivity index (χ0) is 24.4. The Labute approximate surface area is 206 Å². The fraction of sp³-hybridized carbons (Fsp3) is 0.115. The number of imide groups is 2. The number of carbonyl (C=O) groups is 3. The highest BCUT2D eigenvalue weighted by atomic mass is 35.5. The lowest BCUT2D eigenvalue weighted by atomic mass is 10.1. The standard InChI is InChI=1S/C26H20Cl2N2O4/c1-15-4-3-5-18(10-15)14-34-23-9-7-17(12-22(23)28)11-20-24(31)29-26(33)30(25(20)32)19-8-6-16(2)21(27)13-19/h3-13H,14H2,1-2H3,(H,29,31,33)/b20-11+. The smallest absolute Gasteiger partial charge is 0.335 e. The molecular formula is C26H20Cl2N2O4. The van der Waals surface area contributed by atoms with E-state index in [0.29, 0.717) is 28.0 Å². The molecule has 1 fully saturated rings. The predicted octanol–water partition coefficient (Wildman–Crippen LogP) is 5.86. The van der Waals surface area contributed by atoms with Gasteiger partial charge in [0.25, 0.3) is 11.8 Å². The number of barbiturate groups is 1. The van der Waals surface area contributed by atoms with Crippen LogP contribution in [0.3, 0.4) is 0 Å². The summed E-state index contributed by atoms with van der Waals surface area (Å²) >= 11 is 12.5. The second kappa shape index (κ2) is 9.71. The molecule has 8 heteroatoms. The Hall–Kier alpha value is -3.61. The van der Waals surface area contributed by atoms with Gasteiger partial charge < -0.3 is 4.74 Å². The Morgan fingerprint density at radius 1 is 0.941 bits per heavy atom. The van der Waals surface area contributed by atoms with E-state index in [1.54, 1.807) is 37.3 Å². The summed E-state index contributed by atoms with van der Waals surface area (Å²) in [5.41, 5.74) is 3.48. The number of carbonyl (C=O) groups excluding carboxylic acids is 3. The second-order valence-electron chi connectivity index (χ2n) is 7.86. The number of hydrogen-bond acceptors (Lipinski definition) is 4. The van der Waals surface area contributed by atoms with E-state index >= 15 is 0 Å². The summed E-state index contributed by atoms with van der Waals surface area (Å²) in [6.45, 7) is 4.15. The number of amides is 4. The van der Waals surface area contributed by atoms with Crippen molar-refractivity contribution in [3.05, 3.63) is 98.5 Å². The van der Waals surface area contributed by atoms with Gasteiger partial charge in [-0.3, -0.25) is 14.9 Å². The van der Waals surface area contributed by atoms with Gasteiger partial charge in [-0.05, 0) is 60.9 Å². The van der Waals surface area contributed by atoms with Crippen molar-refractivity contribution >= 4 is 52.8 Å². The molecule has 0 saturated carbocycles. The van der Waals surface area contributed by atoms with Crippen molar-refractivity contribution in [1.82, 2.24) is 5.32 Å². The molecule has 4 amide bonds. The number of aryl methyl sites for hydroxylation is 2. The maximum atomic E-state index is 13.1. The second-order valence-corrected chi connectivity index (χ2v) is 8.67. The van der Waals surface area contributed by atoms with Gasteiger partial charge in [0.15, 0.2) is 0 Å². The van der Waals surface area contributed by atoms with E-state index in [2.05, 4.69) is 5.32 Å². The first kappa shape index (κ1) is 23.5. The van der Waals surface area contributed by atoms with Crippen molar-refractivity contribution in [3.63, 3.8) is 0 Å². The van der Waals surface area contributed by atoms with Crippen LogP contribution in [0.2, 0.25) is 10.0 Å². The van der Waals surface area contributed by atoms with Gasteiger partial charge in [-0.2, -0.15) is 0 Å². The number of nitrogens with zero attached hydrogens (tertiary/aromatic N) is 1. The Morgan fingerprint density at radius 3 is 2.44 bits per heavy atom. The number of nitrogens with one attached hydrogen (secondary N) is 1. The van der Waals surface area contributed by atoms with Gasteiger partial charge in [0.2, 0.25) is 0 Å². The van der Waals surface area contributed by atoms with E-state index in [1.807, 2.05) is 31.2 Å². The maximum Gasteiger partial charge on any atom is 0.335 e. The zero-order valence-electron chi connectivity index (χ0n) is 18.4. The number of benzene rings is 3. The predicted molar refractivity (Wildman–Crippen MR) is 132 cm³/mol. The fourth-order valence-electron chi connectivity index (χ4n) is 3.47. The lowest BCUT2D eigenvalue weighted by Gasteiger charge is -2.26. The number of urea groups is 1. The van der Waals surface area contributed by atoms with E-state index < -0.39 is 17.8 Å². The van der Waals surface area contributed by atoms with Crippen molar-refractivity contribution in [3.8, 4) is 5.75 Å². The molecule has 0 unspecified atom stereocenters. The van der Waals surface area contributed by atoms with Crippen LogP contribution in [0.5, 0.6) is 5.75 Å². The molecule has 1 N–H and O–H groups in total. The summed E-state index contributed by atoms with van der Waals surface area (Å²) in [5, 5.41) is 2.91. The molecule has 1 heterocycles. The quantitative estimate of drug-likeness (QED) is 0.356. The molecule has 3 aromatic rings. The average molecular weight is 495 g/mol. The molecule has 0 spiro atoms. The van der Waals surface area contributed by atoms with Gasteiger partial charge in [-0.15, -0.1) is 0 Å². The minimum absolute atomic E-state index is 0.208. The number of rotatable bonds is 5. The number of halogens is 2. The van der Waals surface area contributed by atoms with Crippen LogP contribution in [0.1, 0.15) is 22.3 Å². The lowest BCUT2D eigenvalue weighted by molar-refractivity contribution is -0.122. The van der Waals surface area contributed by atoms with Gasteiger partial charge >= 0.3 is 6.03 Å². The molecule has 0 aliphatic carbocycles. The van der Waals surface area contributed by atoms with E-state index in [-0.39, 0.29) is 11.3 Å². The van der Waals surface area contributed by atoms with Crippen LogP contribution in [0.4, 0.5) is 10.5 Å². The van der Waals surface area contributed by atoms with Gasteiger partial charge in [0, 0.05) is 5.02 Å². The third-order valence-electron chi connectivity index (χ3n) is 5.26. The molecule has 3 aromatic carbocycles. The van der Waals surface area contributed by atoms with Crippen LogP contribution in [0.15, 0.2) is 66.2 Å². The van der Waals surface area contributed by atoms with E-state index in [9.17, 15) is 14.4 Å². The molecule has 6 nitrogen and oxygen atoms in total. The van der Waals surface area contributed by atoms with Crippen molar-refractivity contribution in [2.24, 2.45) is 0 Å². The SMILES string of the molecule is Cc1cccc(COc2ccc(/C=C3\C(=O)NC(=O)N(c4ccc(C)c(Cl)c4)C3=O)cc2Cl)c1. The number of hydrogen-bond donors (Lipinski definition) is 1. The highest BCUT2D eigenvalue weighted by Crippen LogP contribution is 2.29. The Kier molecular flexibility index (Phi) is 6.72. The van der Waals surface area contributed by atoms with Gasteiger partial charge in [0.1, 0.15) is 17.9 Å². The van der Waals surface area contributed by atoms with Gasteiger partial charge in [-0.1, -0.05) is 65.2 Å². The molecule has 1 saturated heterocycles. The van der Waals surface area contributed by atoms with Crippen LogP contribution in [0.25, 0.3) is 6.08 Å². The topological polar surface area (TPSA) is 75.7 Å². The summed E-state index contributed by atoms with van der Waals surface area (Å²) in [5.74, 6) is -1.08. The fourth-order valence-corrected chi connectivity index (χ4v) is 3.88. The molecular weight excluding hydrogens is 475 g/mol. The highest BCUT2D eigenvalue weighted by molar-refractivity contribution is 6.39. The molecule has 1 aliphatic rings. The molecule has 0 atom stereocenters. The van der Waals surface area contributed by atoms with E-state index in [0.717, 1.165) is 21.6 Å². The first-order valence-corrected chi connectivity index (χ1v) is 11.1. The lowest BCUT2D eigenvalue weighted by Crippen LogP contribution is -2.54. The zero-order valence-corrected chi connectivity index (χ0v) is 19.9. The van der Waals surface area contributed by atoms with E-state index in [1.165, 1.54) is 12.1 Å². The Bertz CT molecular complexity index is 1350. The minimum Gasteiger partial charge on any atom is -0.487 e. The van der Waals surface area contributed by atoms with Gasteiger partial charge in [0.05, 0.1) is 10.7 Å². The van der Waals surface area contributed by atoms with E-state index in [4.69, 9.17) is 27.9 Å². The van der Waals surface area contributed by atoms with Crippen LogP contribution in [0, 0.1) is 13.8 Å². The van der Waals surface area contributed by atoms with Crippen LogP contribution >= 0.6 is 23.2 Å². The summed E-state index contributed by atoms with van der Waals surface area (Å²) in [6, 6.07) is 16.8. The number of ether oxygens (including phenoxy) is 1. The summed E-state index contributed by atoms with van der Waals surface area (Å²) in [4.78, 5) is 38.7. The first-order valence-electron chi connectivity index (χ1n) is 10.4. The largest absolute Gasteiger partial charge is 0.487 e. The van der Waals surface area contributed by atoms with Crippen molar-refractivity contribution in [2.75, 3.05) is 4.90 Å². The Balaban J connectivity index is 1.57. The molecule has 0 radical (unpaired) electrons. The first-order chi connectivity index (χ1) is 16.2. The minimum atomic E-state index is -0.843. The van der Waals surface area contributed by atoms with Crippen LogP contribution in [-0.2, 0) is 16.2 Å². The molecule has 1 aliphatic heterocycles. The monoisotopic (exact) mass is 494 g/mol. The van der Waals surface area contributed by atoms with Crippen molar-refractivity contribution in [1.29, 1.82) is 0 Å². The summed E-state index contributed by atoms with van der Waals surface area (Å²) < 4.78 is 5.81. The summed E-state index contributed by atoms with van der Waals surface area (Å²) in [6.07, 6.45) is 1.38. The normalized spacial score (nSPS) is 15.0. The van der Waals surface area contributed by atoms with Crippen LogP contribution < -0.4 is 15.0 Å². The van der Waals surface area contributed by atoms with Crippen molar-refractivity contribution in [2.45, 2.75) is 20.5 Å². The Morgan fingerprint density at radius 2 is 1.74 bits per heavy atom. The molecule has 172 valence electrons. The van der Waals surface area contributed by atoms with Crippen molar-refractivity contribution < 1.29 is 19.1 Å². The molecule has 34 heavy (non-hydrogen) atoms. The summed E-state index contributed by atoms with van der Waals surface area (Å²) in [7, 11) is 0. The molecule has 0 aromatic heterocycles. The maximum absolute atomic E-state index is 13.1. The molecule has 0 bridgehead atoms. The van der Waals surface area contributed by atoms with Crippen LogP contribution in [-0.4, -0.2) is 17.8 Å². The average Bonchev–Trinajstić information content (AvgIpc) is 2.78. The molecule has 4 rings (SSSR count).